The van der Waals surface area contributed by atoms with Gasteiger partial charge in [0.25, 0.3) is 0 Å². The number of benzene rings is 4. The second-order valence-electron chi connectivity index (χ2n) is 12.6. The first-order chi connectivity index (χ1) is 22.2. The van der Waals surface area contributed by atoms with Crippen LogP contribution in [0.2, 0.25) is 0 Å². The largest absolute Gasteiger partial charge is 0.284 e. The van der Waals surface area contributed by atoms with Gasteiger partial charge in [0.15, 0.2) is 0 Å². The van der Waals surface area contributed by atoms with Gasteiger partial charge in [-0.05, 0) is 106 Å². The summed E-state index contributed by atoms with van der Waals surface area (Å²) in [6.45, 7) is 6.62. The number of nitrogens with zero attached hydrogens (tertiary/aromatic N) is 2. The zero-order valence-electron chi connectivity index (χ0n) is 26.7. The Morgan fingerprint density at radius 1 is 0.800 bits per heavy atom. The minimum absolute atomic E-state index is 0.225. The molecule has 0 fully saturated rings. The molecular weight excluding hydrogens is 544 g/mol. The molecule has 0 saturated carbocycles. The molecule has 1 heterocycles. The quantitative estimate of drug-likeness (QED) is 0.131. The van der Waals surface area contributed by atoms with Gasteiger partial charge in [0.05, 0.1) is 17.4 Å². The molecule has 45 heavy (non-hydrogen) atoms. The highest BCUT2D eigenvalue weighted by molar-refractivity contribution is 6.19. The van der Waals surface area contributed by atoms with Gasteiger partial charge in [-0.15, -0.1) is 0 Å². The van der Waals surface area contributed by atoms with Crippen molar-refractivity contribution in [2.45, 2.75) is 58.9 Å². The van der Waals surface area contributed by atoms with Gasteiger partial charge in [0, 0.05) is 12.1 Å². The highest BCUT2D eigenvalue weighted by atomic mass is 14.8. The van der Waals surface area contributed by atoms with Crippen molar-refractivity contribution in [2.75, 3.05) is 0 Å². The first-order valence-corrected chi connectivity index (χ1v) is 16.8. The van der Waals surface area contributed by atoms with Gasteiger partial charge < -0.3 is 0 Å². The van der Waals surface area contributed by atoms with Crippen LogP contribution in [0.15, 0.2) is 132 Å². The van der Waals surface area contributed by atoms with Crippen LogP contribution in [0.5, 0.6) is 0 Å². The minimum atomic E-state index is 0.225. The van der Waals surface area contributed by atoms with Crippen LogP contribution >= 0.6 is 0 Å². The van der Waals surface area contributed by atoms with Crippen LogP contribution in [-0.4, -0.2) is 16.7 Å². The molecule has 1 aromatic heterocycles. The van der Waals surface area contributed by atoms with E-state index < -0.39 is 0 Å². The lowest BCUT2D eigenvalue weighted by molar-refractivity contribution is 0.347. The average molecular weight is 587 g/mol. The maximum Gasteiger partial charge on any atom is 0.0837 e. The number of pyridine rings is 1. The lowest BCUT2D eigenvalue weighted by Crippen LogP contribution is -2.30. The van der Waals surface area contributed by atoms with E-state index >= 15 is 0 Å². The van der Waals surface area contributed by atoms with Gasteiger partial charge in [-0.2, -0.15) is 0 Å². The molecule has 224 valence electrons. The molecule has 3 atom stereocenters. The smallest absolute Gasteiger partial charge is 0.0837 e. The fourth-order valence-electron chi connectivity index (χ4n) is 7.68. The number of rotatable bonds is 8. The lowest BCUT2D eigenvalue weighted by Gasteiger charge is -2.37. The molecule has 2 aliphatic rings. The maximum atomic E-state index is 5.36. The van der Waals surface area contributed by atoms with Gasteiger partial charge in [0.2, 0.25) is 0 Å². The number of hydrogen-bond acceptors (Lipinski definition) is 2. The Balaban J connectivity index is 1.40. The molecule has 4 aromatic carbocycles. The summed E-state index contributed by atoms with van der Waals surface area (Å²) in [6, 6.07) is 33.6. The minimum Gasteiger partial charge on any atom is -0.284 e. The van der Waals surface area contributed by atoms with E-state index in [1.165, 1.54) is 54.9 Å². The first-order valence-electron chi connectivity index (χ1n) is 16.8. The summed E-state index contributed by atoms with van der Waals surface area (Å²) in [5.74, 6) is 0.798. The van der Waals surface area contributed by atoms with Crippen molar-refractivity contribution in [3.05, 3.63) is 144 Å². The zero-order chi connectivity index (χ0) is 30.8. The summed E-state index contributed by atoms with van der Waals surface area (Å²) in [5, 5.41) is 5.27. The van der Waals surface area contributed by atoms with E-state index in [9.17, 15) is 0 Å². The van der Waals surface area contributed by atoms with Crippen molar-refractivity contribution in [1.29, 1.82) is 0 Å². The third-order valence-corrected chi connectivity index (χ3v) is 9.88. The Hall–Kier alpha value is -4.56. The third kappa shape index (κ3) is 5.48. The Kier molecular flexibility index (Phi) is 8.31. The lowest BCUT2D eigenvalue weighted by atomic mass is 9.69. The van der Waals surface area contributed by atoms with E-state index in [2.05, 4.69) is 135 Å². The van der Waals surface area contributed by atoms with Crippen molar-refractivity contribution >= 4 is 32.8 Å². The van der Waals surface area contributed by atoms with E-state index in [1.54, 1.807) is 0 Å². The molecule has 0 amide bonds. The van der Waals surface area contributed by atoms with Crippen LogP contribution in [0.4, 0.5) is 0 Å². The standard InChI is InChI=1S/C43H42N2/c1-4-14-41(45-29(3)40-21-12-13-28-44-40)34-26-27-39(33-16-7-6-15-32(33)34)43-37-19-10-8-17-35(37)42(36-18-9-11-20-38(36)43)31-24-22-30(5-2)23-25-31/h7-13,16-28,32,34,41H,4-6,14-15H2,1-3H3/b45-29+. The molecule has 0 saturated heterocycles. The van der Waals surface area contributed by atoms with Crippen molar-refractivity contribution < 1.29 is 0 Å². The number of aryl methyl sites for hydroxylation is 1. The highest BCUT2D eigenvalue weighted by Crippen LogP contribution is 2.48. The molecule has 0 bridgehead atoms. The van der Waals surface area contributed by atoms with Gasteiger partial charge in [-0.1, -0.05) is 123 Å². The summed E-state index contributed by atoms with van der Waals surface area (Å²) >= 11 is 0. The fraction of sp³-hybridized carbons (Fsp3) is 0.256. The first kappa shape index (κ1) is 29.2. The molecule has 3 unspecified atom stereocenters. The van der Waals surface area contributed by atoms with Crippen LogP contribution in [0.25, 0.3) is 38.2 Å². The van der Waals surface area contributed by atoms with Gasteiger partial charge in [-0.3, -0.25) is 9.98 Å². The number of aliphatic imine (C=N–C) groups is 1. The molecule has 0 spiro atoms. The summed E-state index contributed by atoms with van der Waals surface area (Å²) in [6.07, 6.45) is 17.1. The average Bonchev–Trinajstić information content (AvgIpc) is 3.10. The molecule has 2 nitrogen and oxygen atoms in total. The second kappa shape index (κ2) is 12.8. The molecule has 2 heteroatoms. The predicted octanol–water partition coefficient (Wildman–Crippen LogP) is 11.2. The predicted molar refractivity (Wildman–Crippen MR) is 193 cm³/mol. The van der Waals surface area contributed by atoms with Gasteiger partial charge >= 0.3 is 0 Å². The van der Waals surface area contributed by atoms with Crippen LogP contribution in [0.3, 0.4) is 0 Å². The van der Waals surface area contributed by atoms with Crippen molar-refractivity contribution in [2.24, 2.45) is 16.8 Å². The molecule has 2 aliphatic carbocycles. The van der Waals surface area contributed by atoms with Crippen LogP contribution in [0.1, 0.15) is 63.3 Å². The number of fused-ring (bicyclic) bond motifs is 3. The Morgan fingerprint density at radius 2 is 1.47 bits per heavy atom. The molecule has 0 radical (unpaired) electrons. The van der Waals surface area contributed by atoms with Crippen LogP contribution in [-0.2, 0) is 6.42 Å². The second-order valence-corrected chi connectivity index (χ2v) is 12.6. The summed E-state index contributed by atoms with van der Waals surface area (Å²) in [5.41, 5.74) is 10.2. The fourth-order valence-corrected chi connectivity index (χ4v) is 7.68. The van der Waals surface area contributed by atoms with E-state index in [4.69, 9.17) is 4.99 Å². The molecular formula is C43H42N2. The van der Waals surface area contributed by atoms with E-state index in [0.29, 0.717) is 11.8 Å². The van der Waals surface area contributed by atoms with Gasteiger partial charge in [-0.25, -0.2) is 0 Å². The van der Waals surface area contributed by atoms with Gasteiger partial charge in [0.1, 0.15) is 0 Å². The molecule has 5 aromatic rings. The summed E-state index contributed by atoms with van der Waals surface area (Å²) in [7, 11) is 0. The molecule has 0 aliphatic heterocycles. The van der Waals surface area contributed by atoms with E-state index in [0.717, 1.165) is 43.5 Å². The number of hydrogen-bond donors (Lipinski definition) is 0. The van der Waals surface area contributed by atoms with Crippen LogP contribution < -0.4 is 0 Å². The Morgan fingerprint density at radius 3 is 2.09 bits per heavy atom. The summed E-state index contributed by atoms with van der Waals surface area (Å²) in [4.78, 5) is 9.96. The monoisotopic (exact) mass is 586 g/mol. The number of aromatic nitrogens is 1. The third-order valence-electron chi connectivity index (χ3n) is 9.88. The van der Waals surface area contributed by atoms with Crippen molar-refractivity contribution in [1.82, 2.24) is 4.98 Å². The number of allylic oxidation sites excluding steroid dienone is 5. The molecule has 7 rings (SSSR count). The van der Waals surface area contributed by atoms with Crippen molar-refractivity contribution in [3.63, 3.8) is 0 Å². The Labute approximate surface area is 268 Å². The molecule has 0 N–H and O–H groups in total. The van der Waals surface area contributed by atoms with E-state index in [1.807, 2.05) is 12.3 Å². The Bertz CT molecular complexity index is 1900. The topological polar surface area (TPSA) is 25.2 Å². The summed E-state index contributed by atoms with van der Waals surface area (Å²) < 4.78 is 0. The SMILES string of the molecule is CCCC(/N=C(\C)c1ccccn1)C1C=CC(c2c3ccccc3c(-c3ccc(CC)cc3)c3ccccc23)=C2C=CCCC21. The highest BCUT2D eigenvalue weighted by Gasteiger charge is 2.34. The maximum absolute atomic E-state index is 5.36. The van der Waals surface area contributed by atoms with Crippen LogP contribution in [0, 0.1) is 11.8 Å². The normalized spacial score (nSPS) is 18.9. The van der Waals surface area contributed by atoms with Crippen molar-refractivity contribution in [3.8, 4) is 11.1 Å². The van der Waals surface area contributed by atoms with E-state index in [-0.39, 0.29) is 6.04 Å². The zero-order valence-corrected chi connectivity index (χ0v) is 26.7.